The van der Waals surface area contributed by atoms with Crippen LogP contribution < -0.4 is 0 Å². The molecule has 0 amide bonds. The Labute approximate surface area is 167 Å². The second-order valence-electron chi connectivity index (χ2n) is 6.13. The van der Waals surface area contributed by atoms with Gasteiger partial charge < -0.3 is 0 Å². The summed E-state index contributed by atoms with van der Waals surface area (Å²) in [6, 6.07) is 18.9. The van der Waals surface area contributed by atoms with Crippen molar-refractivity contribution in [1.82, 2.24) is 9.29 Å². The Kier molecular flexibility index (Phi) is 5.97. The minimum atomic E-state index is -4.20. The van der Waals surface area contributed by atoms with Crippen LogP contribution in [0.15, 0.2) is 77.8 Å². The summed E-state index contributed by atoms with van der Waals surface area (Å²) in [7, 11) is -4.20. The molecule has 0 atom stereocenters. The molecule has 0 spiro atoms. The van der Waals surface area contributed by atoms with E-state index in [-0.39, 0.29) is 18.0 Å². The average molecular weight is 408 g/mol. The minimum Gasteiger partial charge on any atom is -0.260 e. The normalized spacial score (nSPS) is 11.2. The summed E-state index contributed by atoms with van der Waals surface area (Å²) in [6.45, 7) is -0.0914. The van der Waals surface area contributed by atoms with Crippen LogP contribution in [0.1, 0.15) is 16.8 Å². The quantitative estimate of drug-likeness (QED) is 0.437. The van der Waals surface area contributed by atoms with E-state index < -0.39 is 20.6 Å². The maximum atomic E-state index is 13.3. The maximum Gasteiger partial charge on any atom is 0.289 e. The third-order valence-corrected chi connectivity index (χ3v) is 6.03. The Morgan fingerprint density at radius 2 is 1.69 bits per heavy atom. The summed E-state index contributed by atoms with van der Waals surface area (Å²) in [5, 5.41) is 20.3. The zero-order chi connectivity index (χ0) is 20.9. The SMILES string of the molecule is N#Cc1ccc(CN(Cc2ccccn2)S(=O)(=O)c2ccccc2[N+](=O)[O-])cc1. The third kappa shape index (κ3) is 4.63. The number of hydrogen-bond donors (Lipinski definition) is 0. The van der Waals surface area contributed by atoms with Crippen molar-refractivity contribution in [2.75, 3.05) is 0 Å². The lowest BCUT2D eigenvalue weighted by Crippen LogP contribution is -2.31. The van der Waals surface area contributed by atoms with E-state index in [1.165, 1.54) is 18.2 Å². The first-order valence-corrected chi connectivity index (χ1v) is 9.98. The predicted molar refractivity (Wildman–Crippen MR) is 105 cm³/mol. The summed E-state index contributed by atoms with van der Waals surface area (Å²) in [5.41, 5.74) is 1.11. The van der Waals surface area contributed by atoms with Gasteiger partial charge in [0.15, 0.2) is 4.90 Å². The number of rotatable bonds is 7. The van der Waals surface area contributed by atoms with Crippen LogP contribution in [0.3, 0.4) is 0 Å². The topological polar surface area (TPSA) is 117 Å². The summed E-state index contributed by atoms with van der Waals surface area (Å²) in [4.78, 5) is 14.4. The van der Waals surface area contributed by atoms with Crippen LogP contribution in [0, 0.1) is 21.4 Å². The van der Waals surface area contributed by atoms with Crippen LogP contribution in [-0.4, -0.2) is 22.6 Å². The lowest BCUT2D eigenvalue weighted by atomic mass is 10.1. The molecule has 0 saturated carbocycles. The van der Waals surface area contributed by atoms with Gasteiger partial charge in [-0.1, -0.05) is 30.3 Å². The van der Waals surface area contributed by atoms with E-state index in [9.17, 15) is 18.5 Å². The molecular formula is C20H16N4O4S. The van der Waals surface area contributed by atoms with Crippen LogP contribution in [0.4, 0.5) is 5.69 Å². The summed E-state index contributed by atoms with van der Waals surface area (Å²) < 4.78 is 27.8. The second-order valence-corrected chi connectivity index (χ2v) is 8.03. The lowest BCUT2D eigenvalue weighted by Gasteiger charge is -2.22. The molecule has 0 unspecified atom stereocenters. The zero-order valence-electron chi connectivity index (χ0n) is 15.2. The zero-order valence-corrected chi connectivity index (χ0v) is 16.0. The van der Waals surface area contributed by atoms with Gasteiger partial charge >= 0.3 is 0 Å². The molecule has 0 fully saturated rings. The molecular weight excluding hydrogens is 392 g/mol. The van der Waals surface area contributed by atoms with Crippen molar-refractivity contribution in [2.45, 2.75) is 18.0 Å². The highest BCUT2D eigenvalue weighted by Crippen LogP contribution is 2.28. The molecule has 0 radical (unpaired) electrons. The standard InChI is InChI=1S/C20H16N4O4S/c21-13-16-8-10-17(11-9-16)14-23(15-18-5-3-4-12-22-18)29(27,28)20-7-2-1-6-19(20)24(25)26/h1-12H,14-15H2. The van der Waals surface area contributed by atoms with Gasteiger partial charge in [0.1, 0.15) is 0 Å². The molecule has 3 rings (SSSR count). The fraction of sp³-hybridized carbons (Fsp3) is 0.100. The molecule has 0 aliphatic heterocycles. The highest BCUT2D eigenvalue weighted by Gasteiger charge is 2.31. The first kappa shape index (κ1) is 20.1. The van der Waals surface area contributed by atoms with Crippen molar-refractivity contribution in [3.63, 3.8) is 0 Å². The molecule has 0 aliphatic carbocycles. The molecule has 2 aromatic carbocycles. The highest BCUT2D eigenvalue weighted by molar-refractivity contribution is 7.89. The van der Waals surface area contributed by atoms with Gasteiger partial charge in [0.05, 0.1) is 28.8 Å². The van der Waals surface area contributed by atoms with Crippen LogP contribution in [0.2, 0.25) is 0 Å². The number of benzene rings is 2. The van der Waals surface area contributed by atoms with Crippen molar-refractivity contribution in [3.05, 3.63) is 99.9 Å². The van der Waals surface area contributed by atoms with E-state index in [1.54, 1.807) is 48.7 Å². The molecule has 3 aromatic rings. The van der Waals surface area contributed by atoms with E-state index in [1.807, 2.05) is 6.07 Å². The van der Waals surface area contributed by atoms with Crippen molar-refractivity contribution in [1.29, 1.82) is 5.26 Å². The number of nitro groups is 1. The van der Waals surface area contributed by atoms with E-state index in [0.717, 1.165) is 10.4 Å². The van der Waals surface area contributed by atoms with Crippen molar-refractivity contribution in [2.24, 2.45) is 0 Å². The maximum absolute atomic E-state index is 13.3. The Morgan fingerprint density at radius 3 is 2.31 bits per heavy atom. The van der Waals surface area contributed by atoms with E-state index >= 15 is 0 Å². The number of para-hydroxylation sites is 1. The van der Waals surface area contributed by atoms with E-state index in [4.69, 9.17) is 5.26 Å². The average Bonchev–Trinajstić information content (AvgIpc) is 2.74. The molecule has 146 valence electrons. The number of nitro benzene ring substituents is 1. The molecule has 0 aliphatic rings. The van der Waals surface area contributed by atoms with E-state index in [0.29, 0.717) is 16.8 Å². The summed E-state index contributed by atoms with van der Waals surface area (Å²) in [5.74, 6) is 0. The predicted octanol–water partition coefficient (Wildman–Crippen LogP) is 3.25. The first-order valence-electron chi connectivity index (χ1n) is 8.54. The Balaban J connectivity index is 2.04. The first-order chi connectivity index (χ1) is 13.9. The number of sulfonamides is 1. The number of pyridine rings is 1. The smallest absolute Gasteiger partial charge is 0.260 e. The number of aromatic nitrogens is 1. The van der Waals surface area contributed by atoms with E-state index in [2.05, 4.69) is 4.98 Å². The van der Waals surface area contributed by atoms with Crippen LogP contribution in [0.5, 0.6) is 0 Å². The molecule has 29 heavy (non-hydrogen) atoms. The fourth-order valence-electron chi connectivity index (χ4n) is 2.75. The Hall–Kier alpha value is -3.61. The van der Waals surface area contributed by atoms with Crippen molar-refractivity contribution >= 4 is 15.7 Å². The Morgan fingerprint density at radius 1 is 1.00 bits per heavy atom. The molecule has 1 aromatic heterocycles. The molecule has 9 heteroatoms. The number of hydrogen-bond acceptors (Lipinski definition) is 6. The molecule has 0 bridgehead atoms. The lowest BCUT2D eigenvalue weighted by molar-refractivity contribution is -0.387. The molecule has 1 heterocycles. The largest absolute Gasteiger partial charge is 0.289 e. The fourth-order valence-corrected chi connectivity index (χ4v) is 4.31. The van der Waals surface area contributed by atoms with Gasteiger partial charge in [0, 0.05) is 18.8 Å². The van der Waals surface area contributed by atoms with Gasteiger partial charge in [-0.15, -0.1) is 0 Å². The van der Waals surface area contributed by atoms with Crippen LogP contribution >= 0.6 is 0 Å². The minimum absolute atomic E-state index is 0.0311. The molecule has 0 saturated heterocycles. The molecule has 8 nitrogen and oxygen atoms in total. The van der Waals surface area contributed by atoms with Crippen molar-refractivity contribution < 1.29 is 13.3 Å². The van der Waals surface area contributed by atoms with Gasteiger partial charge in [-0.25, -0.2) is 8.42 Å². The third-order valence-electron chi connectivity index (χ3n) is 4.19. The van der Waals surface area contributed by atoms with Crippen molar-refractivity contribution in [3.8, 4) is 6.07 Å². The van der Waals surface area contributed by atoms with Gasteiger partial charge in [-0.3, -0.25) is 15.1 Å². The summed E-state index contributed by atoms with van der Waals surface area (Å²) in [6.07, 6.45) is 1.55. The summed E-state index contributed by atoms with van der Waals surface area (Å²) >= 11 is 0. The van der Waals surface area contributed by atoms with Crippen LogP contribution in [-0.2, 0) is 23.1 Å². The highest BCUT2D eigenvalue weighted by atomic mass is 32.2. The van der Waals surface area contributed by atoms with Gasteiger partial charge in [-0.05, 0) is 35.9 Å². The van der Waals surface area contributed by atoms with Gasteiger partial charge in [0.25, 0.3) is 15.7 Å². The molecule has 0 N–H and O–H groups in total. The monoisotopic (exact) mass is 408 g/mol. The Bertz CT molecular complexity index is 1160. The van der Waals surface area contributed by atoms with Gasteiger partial charge in [0.2, 0.25) is 0 Å². The van der Waals surface area contributed by atoms with Gasteiger partial charge in [-0.2, -0.15) is 9.57 Å². The number of nitrogens with zero attached hydrogens (tertiary/aromatic N) is 4. The number of nitriles is 1. The van der Waals surface area contributed by atoms with Crippen LogP contribution in [0.25, 0.3) is 0 Å². The second kappa shape index (κ2) is 8.60.